The summed E-state index contributed by atoms with van der Waals surface area (Å²) in [4.78, 5) is 19.2. The van der Waals surface area contributed by atoms with Gasteiger partial charge in [-0.2, -0.15) is 4.31 Å². The van der Waals surface area contributed by atoms with Gasteiger partial charge >= 0.3 is 0 Å². The van der Waals surface area contributed by atoms with Gasteiger partial charge < -0.3 is 9.88 Å². The van der Waals surface area contributed by atoms with Crippen molar-refractivity contribution in [2.45, 2.75) is 49.6 Å². The molecule has 0 bridgehead atoms. The van der Waals surface area contributed by atoms with Gasteiger partial charge in [-0.05, 0) is 43.5 Å². The first kappa shape index (κ1) is 26.6. The number of carbonyl (C=O) groups is 1. The van der Waals surface area contributed by atoms with Crippen LogP contribution in [-0.4, -0.2) is 71.3 Å². The normalized spacial score (nSPS) is 19.4. The lowest BCUT2D eigenvalue weighted by atomic mass is 9.79. The van der Waals surface area contributed by atoms with Crippen LogP contribution in [0.3, 0.4) is 0 Å². The highest BCUT2D eigenvalue weighted by Crippen LogP contribution is 2.34. The Bertz CT molecular complexity index is 1110. The monoisotopic (exact) mass is 513 g/mol. The number of aromatic nitrogens is 2. The topological polar surface area (TPSA) is 87.5 Å². The molecule has 1 aromatic carbocycles. The maximum atomic E-state index is 13.4. The predicted molar refractivity (Wildman–Crippen MR) is 130 cm³/mol. The van der Waals surface area contributed by atoms with Crippen molar-refractivity contribution in [1.82, 2.24) is 24.1 Å². The van der Waals surface area contributed by atoms with Crippen LogP contribution in [0.4, 0.5) is 4.39 Å². The molecule has 1 N–H and O–H groups in total. The van der Waals surface area contributed by atoms with E-state index in [4.69, 9.17) is 0 Å². The van der Waals surface area contributed by atoms with E-state index in [0.29, 0.717) is 43.9 Å². The molecule has 2 aliphatic rings. The Hall–Kier alpha value is -2.01. The lowest BCUT2D eigenvalue weighted by Gasteiger charge is -2.49. The van der Waals surface area contributed by atoms with E-state index in [1.165, 1.54) is 41.4 Å². The largest absolute Gasteiger partial charge is 0.350 e. The second-order valence-electron chi connectivity index (χ2n) is 9.20. The third kappa shape index (κ3) is 5.45. The molecule has 1 saturated heterocycles. The fourth-order valence-electron chi connectivity index (χ4n) is 5.09. The minimum atomic E-state index is -3.61. The third-order valence-corrected chi connectivity index (χ3v) is 8.77. The summed E-state index contributed by atoms with van der Waals surface area (Å²) in [6.45, 7) is 4.23. The average molecular weight is 514 g/mol. The standard InChI is InChI=1S/C23H32FN5O3S.ClH/c1-18-14-19(24)6-7-20(18)22(30)25-16-23(8-4-3-5-9-23)28-10-12-29(13-11-28)33(31,32)21-15-27(2)17-26-21;/h6-7,14-15,17H,3-5,8-13,16H2,1-2H3,(H,25,30);1H. The summed E-state index contributed by atoms with van der Waals surface area (Å²) in [5.74, 6) is -0.555. The molecule has 2 heterocycles. The van der Waals surface area contributed by atoms with Crippen molar-refractivity contribution >= 4 is 28.3 Å². The SMILES string of the molecule is Cc1cc(F)ccc1C(=O)NCC1(N2CCN(S(=O)(=O)c3cn(C)cn3)CC2)CCCCC1.Cl. The van der Waals surface area contributed by atoms with Crippen molar-refractivity contribution in [2.24, 2.45) is 7.05 Å². The van der Waals surface area contributed by atoms with Gasteiger partial charge in [0.05, 0.1) is 6.33 Å². The zero-order chi connectivity index (χ0) is 23.6. The number of benzene rings is 1. The van der Waals surface area contributed by atoms with Crippen molar-refractivity contribution < 1.29 is 17.6 Å². The molecule has 1 aromatic heterocycles. The molecule has 2 aromatic rings. The summed E-state index contributed by atoms with van der Waals surface area (Å²) >= 11 is 0. The van der Waals surface area contributed by atoms with E-state index in [-0.39, 0.29) is 34.7 Å². The fraction of sp³-hybridized carbons (Fsp3) is 0.565. The number of nitrogens with zero attached hydrogens (tertiary/aromatic N) is 4. The molecule has 0 atom stereocenters. The van der Waals surface area contributed by atoms with Crippen molar-refractivity contribution in [3.63, 3.8) is 0 Å². The van der Waals surface area contributed by atoms with Crippen LogP contribution in [0.1, 0.15) is 48.0 Å². The number of imidazole rings is 1. The first-order valence-corrected chi connectivity index (χ1v) is 12.9. The second kappa shape index (κ2) is 10.7. The molecule has 1 saturated carbocycles. The van der Waals surface area contributed by atoms with E-state index in [1.54, 1.807) is 18.5 Å². The van der Waals surface area contributed by atoms with Crippen molar-refractivity contribution in [3.8, 4) is 0 Å². The highest BCUT2D eigenvalue weighted by atomic mass is 35.5. The van der Waals surface area contributed by atoms with Crippen LogP contribution in [0.15, 0.2) is 35.7 Å². The van der Waals surface area contributed by atoms with Crippen molar-refractivity contribution in [2.75, 3.05) is 32.7 Å². The van der Waals surface area contributed by atoms with E-state index in [2.05, 4.69) is 15.2 Å². The quantitative estimate of drug-likeness (QED) is 0.641. The first-order chi connectivity index (χ1) is 15.7. The van der Waals surface area contributed by atoms with E-state index in [1.807, 2.05) is 0 Å². The van der Waals surface area contributed by atoms with Gasteiger partial charge in [0.2, 0.25) is 0 Å². The average Bonchev–Trinajstić information content (AvgIpc) is 3.25. The maximum Gasteiger partial charge on any atom is 0.262 e. The van der Waals surface area contributed by atoms with E-state index in [0.717, 1.165) is 25.7 Å². The Morgan fingerprint density at radius 2 is 1.82 bits per heavy atom. The molecule has 0 unspecified atom stereocenters. The molecular formula is C23H33ClFN5O3S. The van der Waals surface area contributed by atoms with Crippen molar-refractivity contribution in [3.05, 3.63) is 47.7 Å². The summed E-state index contributed by atoms with van der Waals surface area (Å²) in [5, 5.41) is 3.17. The van der Waals surface area contributed by atoms with Crippen LogP contribution in [0.25, 0.3) is 0 Å². The van der Waals surface area contributed by atoms with Crippen LogP contribution in [-0.2, 0) is 17.1 Å². The maximum absolute atomic E-state index is 13.4. The minimum absolute atomic E-state index is 0. The molecule has 8 nitrogen and oxygen atoms in total. The summed E-state index contributed by atoms with van der Waals surface area (Å²) in [6, 6.07) is 4.20. The van der Waals surface area contributed by atoms with Gasteiger partial charge in [0.15, 0.2) is 5.03 Å². The Morgan fingerprint density at radius 3 is 2.41 bits per heavy atom. The van der Waals surface area contributed by atoms with Gasteiger partial charge in [-0.15, -0.1) is 12.4 Å². The third-order valence-electron chi connectivity index (χ3n) is 6.99. The van der Waals surface area contributed by atoms with Crippen LogP contribution in [0.5, 0.6) is 0 Å². The molecular weight excluding hydrogens is 481 g/mol. The number of nitrogens with one attached hydrogen (secondary N) is 1. The highest BCUT2D eigenvalue weighted by Gasteiger charge is 2.41. The van der Waals surface area contributed by atoms with E-state index < -0.39 is 10.0 Å². The van der Waals surface area contributed by atoms with Gasteiger partial charge in [-0.25, -0.2) is 17.8 Å². The van der Waals surface area contributed by atoms with Gasteiger partial charge in [0.1, 0.15) is 5.82 Å². The van der Waals surface area contributed by atoms with Gasteiger partial charge in [0, 0.05) is 57.1 Å². The number of aryl methyl sites for hydroxylation is 2. The Kier molecular flexibility index (Phi) is 8.38. The zero-order valence-corrected chi connectivity index (χ0v) is 21.3. The fourth-order valence-corrected chi connectivity index (χ4v) is 6.48. The predicted octanol–water partition coefficient (Wildman–Crippen LogP) is 2.73. The smallest absolute Gasteiger partial charge is 0.262 e. The summed E-state index contributed by atoms with van der Waals surface area (Å²) in [7, 11) is -1.86. The molecule has 4 rings (SSSR count). The van der Waals surface area contributed by atoms with Crippen LogP contribution in [0.2, 0.25) is 0 Å². The molecule has 1 amide bonds. The Labute approximate surface area is 207 Å². The number of halogens is 2. The molecule has 34 heavy (non-hydrogen) atoms. The van der Waals surface area contributed by atoms with Gasteiger partial charge in [0.25, 0.3) is 15.9 Å². The lowest BCUT2D eigenvalue weighted by molar-refractivity contribution is 0.0239. The molecule has 0 radical (unpaired) electrons. The molecule has 1 aliphatic carbocycles. The number of carbonyl (C=O) groups excluding carboxylic acids is 1. The first-order valence-electron chi connectivity index (χ1n) is 11.5. The van der Waals surface area contributed by atoms with E-state index >= 15 is 0 Å². The summed E-state index contributed by atoms with van der Waals surface area (Å²) in [6.07, 6.45) is 8.27. The number of piperazine rings is 1. The van der Waals surface area contributed by atoms with Gasteiger partial charge in [-0.3, -0.25) is 9.69 Å². The molecule has 2 fully saturated rings. The molecule has 188 valence electrons. The van der Waals surface area contributed by atoms with Crippen LogP contribution >= 0.6 is 12.4 Å². The summed E-state index contributed by atoms with van der Waals surface area (Å²) in [5.41, 5.74) is 0.898. The lowest BCUT2D eigenvalue weighted by Crippen LogP contribution is -2.62. The van der Waals surface area contributed by atoms with Crippen LogP contribution < -0.4 is 5.32 Å². The second-order valence-corrected chi connectivity index (χ2v) is 11.1. The summed E-state index contributed by atoms with van der Waals surface area (Å²) < 4.78 is 42.4. The molecule has 11 heteroatoms. The molecule has 0 spiro atoms. The number of amides is 1. The molecule has 1 aliphatic heterocycles. The van der Waals surface area contributed by atoms with Gasteiger partial charge in [-0.1, -0.05) is 19.3 Å². The zero-order valence-electron chi connectivity index (χ0n) is 19.7. The number of sulfonamides is 1. The number of rotatable bonds is 6. The minimum Gasteiger partial charge on any atom is -0.350 e. The van der Waals surface area contributed by atoms with Crippen molar-refractivity contribution in [1.29, 1.82) is 0 Å². The Morgan fingerprint density at radius 1 is 1.15 bits per heavy atom. The van der Waals surface area contributed by atoms with E-state index in [9.17, 15) is 17.6 Å². The Balaban J connectivity index is 0.00000324. The highest BCUT2D eigenvalue weighted by molar-refractivity contribution is 7.89. The van der Waals surface area contributed by atoms with Crippen LogP contribution in [0, 0.1) is 12.7 Å². The number of hydrogen-bond acceptors (Lipinski definition) is 5. The number of hydrogen-bond donors (Lipinski definition) is 1.